The van der Waals surface area contributed by atoms with E-state index in [1.54, 1.807) is 11.3 Å². The molecule has 3 heterocycles. The van der Waals surface area contributed by atoms with Crippen molar-refractivity contribution in [2.24, 2.45) is 0 Å². The monoisotopic (exact) mass is 366 g/mol. The molecule has 1 atom stereocenters. The SMILES string of the molecule is O=C1Nc2ccccc2CC[C@@H]1Sc1nnc2sc3ccccc3n12. The number of thioether (sulfide) groups is 1. The number of aromatic nitrogens is 3. The van der Waals surface area contributed by atoms with Crippen LogP contribution in [-0.2, 0) is 11.2 Å². The summed E-state index contributed by atoms with van der Waals surface area (Å²) in [6.45, 7) is 0. The largest absolute Gasteiger partial charge is 0.325 e. The minimum atomic E-state index is -0.182. The molecule has 2 aromatic heterocycles. The lowest BCUT2D eigenvalue weighted by molar-refractivity contribution is -0.115. The number of carbonyl (C=O) groups excluding carboxylic acids is 1. The Bertz CT molecular complexity index is 1100. The van der Waals surface area contributed by atoms with E-state index in [0.29, 0.717) is 0 Å². The van der Waals surface area contributed by atoms with Crippen LogP contribution in [0.3, 0.4) is 0 Å². The van der Waals surface area contributed by atoms with Gasteiger partial charge in [-0.2, -0.15) is 0 Å². The number of hydrogen-bond acceptors (Lipinski definition) is 5. The van der Waals surface area contributed by atoms with Gasteiger partial charge < -0.3 is 5.32 Å². The fraction of sp³-hybridized carbons (Fsp3) is 0.167. The van der Waals surface area contributed by atoms with Gasteiger partial charge >= 0.3 is 0 Å². The summed E-state index contributed by atoms with van der Waals surface area (Å²) in [5.74, 6) is 0.0336. The second kappa shape index (κ2) is 5.86. The van der Waals surface area contributed by atoms with E-state index in [1.807, 2.05) is 30.3 Å². The van der Waals surface area contributed by atoms with Crippen molar-refractivity contribution >= 4 is 49.9 Å². The number of hydrogen-bond donors (Lipinski definition) is 1. The molecule has 0 saturated carbocycles. The highest BCUT2D eigenvalue weighted by Gasteiger charge is 2.27. The Hall–Kier alpha value is -2.38. The highest BCUT2D eigenvalue weighted by Crippen LogP contribution is 2.34. The lowest BCUT2D eigenvalue weighted by Crippen LogP contribution is -2.23. The molecule has 0 aliphatic carbocycles. The third-order valence-electron chi connectivity index (χ3n) is 4.40. The van der Waals surface area contributed by atoms with E-state index in [9.17, 15) is 4.79 Å². The third-order valence-corrected chi connectivity index (χ3v) is 6.62. The van der Waals surface area contributed by atoms with Gasteiger partial charge in [0.1, 0.15) is 0 Å². The first-order valence-electron chi connectivity index (χ1n) is 8.08. The molecule has 2 aromatic carbocycles. The van der Waals surface area contributed by atoms with Gasteiger partial charge in [0.15, 0.2) is 5.16 Å². The molecule has 0 bridgehead atoms. The Kier molecular flexibility index (Phi) is 3.50. The number of nitrogens with one attached hydrogen (secondary N) is 1. The second-order valence-corrected chi connectivity index (χ2v) is 8.14. The van der Waals surface area contributed by atoms with E-state index in [2.05, 4.69) is 38.1 Å². The van der Waals surface area contributed by atoms with Crippen molar-refractivity contribution in [3.05, 3.63) is 54.1 Å². The lowest BCUT2D eigenvalue weighted by atomic mass is 10.1. The Morgan fingerprint density at radius 3 is 2.92 bits per heavy atom. The zero-order valence-corrected chi connectivity index (χ0v) is 14.8. The number of thiazole rings is 1. The fourth-order valence-electron chi connectivity index (χ4n) is 3.16. The summed E-state index contributed by atoms with van der Waals surface area (Å²) in [5, 5.41) is 12.3. The van der Waals surface area contributed by atoms with Gasteiger partial charge in [0, 0.05) is 5.69 Å². The van der Waals surface area contributed by atoms with Crippen molar-refractivity contribution in [2.75, 3.05) is 5.32 Å². The van der Waals surface area contributed by atoms with Crippen molar-refractivity contribution in [3.8, 4) is 0 Å². The van der Waals surface area contributed by atoms with E-state index >= 15 is 0 Å². The zero-order chi connectivity index (χ0) is 16.8. The smallest absolute Gasteiger partial charge is 0.237 e. The minimum absolute atomic E-state index is 0.0336. The molecule has 5 nitrogen and oxygen atoms in total. The number of anilines is 1. The standard InChI is InChI=1S/C18H14N4OS2/c23-16-15(10-9-11-5-1-2-6-12(11)19-16)25-18-21-20-17-22(18)13-7-3-4-8-14(13)24-17/h1-8,15H,9-10H2,(H,19,23)/t15-/m0/s1. The molecule has 0 fully saturated rings. The summed E-state index contributed by atoms with van der Waals surface area (Å²) >= 11 is 3.11. The molecule has 1 aliphatic rings. The van der Waals surface area contributed by atoms with Crippen LogP contribution in [0, 0.1) is 0 Å². The van der Waals surface area contributed by atoms with E-state index in [1.165, 1.54) is 22.0 Å². The zero-order valence-electron chi connectivity index (χ0n) is 13.2. The van der Waals surface area contributed by atoms with E-state index in [4.69, 9.17) is 0 Å². The summed E-state index contributed by atoms with van der Waals surface area (Å²) in [4.78, 5) is 13.5. The molecular weight excluding hydrogens is 352 g/mol. The number of aryl methyl sites for hydroxylation is 1. The maximum atomic E-state index is 12.7. The normalized spacial score (nSPS) is 17.4. The maximum Gasteiger partial charge on any atom is 0.237 e. The van der Waals surface area contributed by atoms with Gasteiger partial charge in [0.05, 0.1) is 15.5 Å². The van der Waals surface area contributed by atoms with Gasteiger partial charge in [-0.15, -0.1) is 10.2 Å². The average Bonchev–Trinajstić information content (AvgIpc) is 3.14. The predicted octanol–water partition coefficient (Wildman–Crippen LogP) is 3.99. The van der Waals surface area contributed by atoms with Crippen LogP contribution in [0.5, 0.6) is 0 Å². The molecule has 4 aromatic rings. The number of carbonyl (C=O) groups is 1. The number of nitrogens with zero attached hydrogens (tertiary/aromatic N) is 3. The number of para-hydroxylation sites is 2. The highest BCUT2D eigenvalue weighted by molar-refractivity contribution is 8.00. The van der Waals surface area contributed by atoms with Crippen LogP contribution >= 0.6 is 23.1 Å². The maximum absolute atomic E-state index is 12.7. The van der Waals surface area contributed by atoms with Gasteiger partial charge in [-0.1, -0.05) is 53.4 Å². The van der Waals surface area contributed by atoms with Crippen molar-refractivity contribution in [1.82, 2.24) is 14.6 Å². The van der Waals surface area contributed by atoms with E-state index in [0.717, 1.165) is 34.2 Å². The van der Waals surface area contributed by atoms with Crippen LogP contribution in [0.4, 0.5) is 5.69 Å². The number of rotatable bonds is 2. The van der Waals surface area contributed by atoms with Gasteiger partial charge in [0.2, 0.25) is 10.9 Å². The van der Waals surface area contributed by atoms with Crippen LogP contribution < -0.4 is 5.32 Å². The molecule has 0 unspecified atom stereocenters. The Labute approximate surface area is 152 Å². The molecule has 1 aliphatic heterocycles. The molecular formula is C18H14N4OS2. The Morgan fingerprint density at radius 2 is 1.96 bits per heavy atom. The molecule has 124 valence electrons. The van der Waals surface area contributed by atoms with Crippen molar-refractivity contribution in [1.29, 1.82) is 0 Å². The van der Waals surface area contributed by atoms with Gasteiger partial charge in [-0.3, -0.25) is 9.20 Å². The van der Waals surface area contributed by atoms with Crippen LogP contribution in [0.2, 0.25) is 0 Å². The molecule has 0 spiro atoms. The summed E-state index contributed by atoms with van der Waals surface area (Å²) in [6.07, 6.45) is 1.66. The first-order valence-corrected chi connectivity index (χ1v) is 9.77. The van der Waals surface area contributed by atoms with Crippen LogP contribution in [0.15, 0.2) is 53.7 Å². The quantitative estimate of drug-likeness (QED) is 0.583. The summed E-state index contributed by atoms with van der Waals surface area (Å²) in [7, 11) is 0. The first kappa shape index (κ1) is 14.9. The third kappa shape index (κ3) is 2.51. The molecule has 1 amide bonds. The van der Waals surface area contributed by atoms with Crippen LogP contribution in [0.25, 0.3) is 15.2 Å². The Morgan fingerprint density at radius 1 is 1.12 bits per heavy atom. The van der Waals surface area contributed by atoms with Crippen molar-refractivity contribution in [2.45, 2.75) is 23.2 Å². The fourth-order valence-corrected chi connectivity index (χ4v) is 5.22. The van der Waals surface area contributed by atoms with E-state index < -0.39 is 0 Å². The van der Waals surface area contributed by atoms with Crippen LogP contribution in [0.1, 0.15) is 12.0 Å². The minimum Gasteiger partial charge on any atom is -0.325 e. The number of fused-ring (bicyclic) bond motifs is 4. The second-order valence-electron chi connectivity index (χ2n) is 5.96. The van der Waals surface area contributed by atoms with Gasteiger partial charge in [-0.05, 0) is 36.6 Å². The van der Waals surface area contributed by atoms with Crippen molar-refractivity contribution in [3.63, 3.8) is 0 Å². The summed E-state index contributed by atoms with van der Waals surface area (Å²) in [6, 6.07) is 16.2. The summed E-state index contributed by atoms with van der Waals surface area (Å²) in [5.41, 5.74) is 3.20. The van der Waals surface area contributed by atoms with Crippen molar-refractivity contribution < 1.29 is 4.79 Å². The molecule has 0 saturated heterocycles. The van der Waals surface area contributed by atoms with E-state index in [-0.39, 0.29) is 11.2 Å². The molecule has 25 heavy (non-hydrogen) atoms. The first-order chi connectivity index (χ1) is 12.3. The molecule has 0 radical (unpaired) electrons. The lowest BCUT2D eigenvalue weighted by Gasteiger charge is -2.11. The molecule has 7 heteroatoms. The number of amides is 1. The van der Waals surface area contributed by atoms with Gasteiger partial charge in [-0.25, -0.2) is 0 Å². The van der Waals surface area contributed by atoms with Crippen LogP contribution in [-0.4, -0.2) is 25.8 Å². The molecule has 1 N–H and O–H groups in total. The van der Waals surface area contributed by atoms with Gasteiger partial charge in [0.25, 0.3) is 0 Å². The average molecular weight is 366 g/mol. The predicted molar refractivity (Wildman–Crippen MR) is 101 cm³/mol. The topological polar surface area (TPSA) is 59.3 Å². The summed E-state index contributed by atoms with van der Waals surface area (Å²) < 4.78 is 3.22. The molecule has 5 rings (SSSR count). The Balaban J connectivity index is 1.50. The highest BCUT2D eigenvalue weighted by atomic mass is 32.2. The number of benzene rings is 2.